The van der Waals surface area contributed by atoms with Crippen molar-refractivity contribution in [3.8, 4) is 5.75 Å². The zero-order chi connectivity index (χ0) is 14.0. The molecule has 2 aromatic carbocycles. The highest BCUT2D eigenvalue weighted by Gasteiger charge is 2.18. The Morgan fingerprint density at radius 3 is 2.11 bits per heavy atom. The maximum atomic E-state index is 14.0. The topological polar surface area (TPSA) is 9.23 Å². The van der Waals surface area contributed by atoms with Gasteiger partial charge in [-0.1, -0.05) is 34.1 Å². The van der Waals surface area contributed by atoms with Crippen LogP contribution in [0.4, 0.5) is 8.78 Å². The van der Waals surface area contributed by atoms with Crippen LogP contribution in [0.5, 0.6) is 5.75 Å². The van der Waals surface area contributed by atoms with E-state index in [-0.39, 0.29) is 5.82 Å². The number of methoxy groups -OCH3 is 1. The van der Waals surface area contributed by atoms with Crippen molar-refractivity contribution >= 4 is 15.9 Å². The third-order valence-electron chi connectivity index (χ3n) is 2.91. The molecule has 0 bridgehead atoms. The van der Waals surface area contributed by atoms with Gasteiger partial charge in [-0.2, -0.15) is 0 Å². The van der Waals surface area contributed by atoms with Crippen molar-refractivity contribution in [1.82, 2.24) is 0 Å². The van der Waals surface area contributed by atoms with Crippen molar-refractivity contribution in [2.75, 3.05) is 7.11 Å². The van der Waals surface area contributed by atoms with Crippen LogP contribution in [0.3, 0.4) is 0 Å². The van der Waals surface area contributed by atoms with Crippen molar-refractivity contribution in [3.63, 3.8) is 0 Å². The Kier molecular flexibility index (Phi) is 4.20. The lowest BCUT2D eigenvalue weighted by Gasteiger charge is -2.14. The predicted molar refractivity (Wildman–Crippen MR) is 74.9 cm³/mol. The van der Waals surface area contributed by atoms with Crippen LogP contribution in [0.1, 0.15) is 21.5 Å². The van der Waals surface area contributed by atoms with Gasteiger partial charge in [0.2, 0.25) is 0 Å². The number of aryl methyl sites for hydroxylation is 1. The zero-order valence-electron chi connectivity index (χ0n) is 10.6. The Morgan fingerprint density at radius 2 is 1.58 bits per heavy atom. The molecule has 0 heterocycles. The summed E-state index contributed by atoms with van der Waals surface area (Å²) < 4.78 is 32.8. The molecule has 0 saturated carbocycles. The normalized spacial score (nSPS) is 12.3. The van der Waals surface area contributed by atoms with E-state index in [1.54, 1.807) is 24.3 Å². The molecule has 1 nitrogen and oxygen atoms in total. The van der Waals surface area contributed by atoms with Gasteiger partial charge in [0.25, 0.3) is 0 Å². The summed E-state index contributed by atoms with van der Waals surface area (Å²) in [7, 11) is 1.47. The second kappa shape index (κ2) is 5.70. The van der Waals surface area contributed by atoms with E-state index in [9.17, 15) is 8.78 Å². The molecule has 0 aliphatic carbocycles. The highest BCUT2D eigenvalue weighted by atomic mass is 79.9. The molecular weight excluding hydrogens is 314 g/mol. The Labute approximate surface area is 119 Å². The lowest BCUT2D eigenvalue weighted by Crippen LogP contribution is -2.00. The molecule has 0 spiro atoms. The second-order valence-electron chi connectivity index (χ2n) is 4.27. The Balaban J connectivity index is 2.41. The molecule has 0 fully saturated rings. The molecule has 2 aromatic rings. The molecule has 0 saturated heterocycles. The van der Waals surface area contributed by atoms with Gasteiger partial charge < -0.3 is 4.74 Å². The maximum absolute atomic E-state index is 14.0. The average Bonchev–Trinajstić information content (AvgIpc) is 2.37. The lowest BCUT2D eigenvalue weighted by atomic mass is 10.0. The fourth-order valence-electron chi connectivity index (χ4n) is 1.85. The quantitative estimate of drug-likeness (QED) is 0.738. The fraction of sp³-hybridized carbons (Fsp3) is 0.200. The minimum Gasteiger partial charge on any atom is -0.497 e. The molecule has 1 atom stereocenters. The molecule has 0 aliphatic heterocycles. The van der Waals surface area contributed by atoms with Gasteiger partial charge in [-0.15, -0.1) is 0 Å². The van der Waals surface area contributed by atoms with E-state index in [1.807, 2.05) is 6.92 Å². The summed E-state index contributed by atoms with van der Waals surface area (Å²) in [5.74, 6) is -0.344. The summed E-state index contributed by atoms with van der Waals surface area (Å²) in [6, 6.07) is 9.42. The third-order valence-corrected chi connectivity index (χ3v) is 3.90. The molecule has 0 aromatic heterocycles. The predicted octanol–water partition coefficient (Wildman–Crippen LogP) is 4.77. The molecule has 1 unspecified atom stereocenters. The summed E-state index contributed by atoms with van der Waals surface area (Å²) in [6.07, 6.45) is 0. The van der Waals surface area contributed by atoms with Gasteiger partial charge in [0.05, 0.1) is 11.9 Å². The molecule has 0 amide bonds. The number of benzene rings is 2. The van der Waals surface area contributed by atoms with E-state index in [4.69, 9.17) is 4.74 Å². The first-order valence-electron chi connectivity index (χ1n) is 5.76. The van der Waals surface area contributed by atoms with E-state index in [0.29, 0.717) is 16.9 Å². The van der Waals surface area contributed by atoms with Crippen LogP contribution < -0.4 is 4.74 Å². The smallest absolute Gasteiger partial charge is 0.131 e. The SMILES string of the molecule is COc1ccc(C(Br)c2ccc(C)cc2F)c(F)c1. The zero-order valence-corrected chi connectivity index (χ0v) is 12.2. The summed E-state index contributed by atoms with van der Waals surface area (Å²) in [5, 5.41) is 0. The van der Waals surface area contributed by atoms with Crippen LogP contribution in [-0.2, 0) is 0 Å². The van der Waals surface area contributed by atoms with Crippen molar-refractivity contribution in [2.45, 2.75) is 11.8 Å². The highest BCUT2D eigenvalue weighted by molar-refractivity contribution is 9.09. The minimum atomic E-state index is -0.529. The van der Waals surface area contributed by atoms with Gasteiger partial charge in [-0.3, -0.25) is 0 Å². The number of hydrogen-bond donors (Lipinski definition) is 0. The van der Waals surface area contributed by atoms with Gasteiger partial charge in [0, 0.05) is 17.2 Å². The molecule has 0 aliphatic rings. The van der Waals surface area contributed by atoms with E-state index < -0.39 is 10.6 Å². The van der Waals surface area contributed by atoms with Crippen LogP contribution in [0.2, 0.25) is 0 Å². The van der Waals surface area contributed by atoms with Gasteiger partial charge in [-0.25, -0.2) is 8.78 Å². The molecular formula is C15H13BrF2O. The molecule has 4 heteroatoms. The van der Waals surface area contributed by atoms with Gasteiger partial charge >= 0.3 is 0 Å². The molecule has 100 valence electrons. The number of hydrogen-bond acceptors (Lipinski definition) is 1. The Hall–Kier alpha value is -1.42. The van der Waals surface area contributed by atoms with E-state index in [1.165, 1.54) is 19.2 Å². The van der Waals surface area contributed by atoms with Gasteiger partial charge in [0.15, 0.2) is 0 Å². The van der Waals surface area contributed by atoms with Crippen LogP contribution in [0.25, 0.3) is 0 Å². The first kappa shape index (κ1) is 14.0. The summed E-state index contributed by atoms with van der Waals surface area (Å²) in [6.45, 7) is 1.81. The minimum absolute atomic E-state index is 0.350. The summed E-state index contributed by atoms with van der Waals surface area (Å²) in [5.41, 5.74) is 1.62. The number of ether oxygens (including phenoxy) is 1. The second-order valence-corrected chi connectivity index (χ2v) is 5.19. The number of rotatable bonds is 3. The van der Waals surface area contributed by atoms with Crippen LogP contribution in [-0.4, -0.2) is 7.11 Å². The Morgan fingerprint density at radius 1 is 1.00 bits per heavy atom. The first-order valence-corrected chi connectivity index (χ1v) is 6.68. The standard InChI is InChI=1S/C15H13BrF2O/c1-9-3-5-11(13(17)7-9)15(16)12-6-4-10(19-2)8-14(12)18/h3-8,15H,1-2H3. The number of alkyl halides is 1. The van der Waals surface area contributed by atoms with Crippen molar-refractivity contribution in [1.29, 1.82) is 0 Å². The van der Waals surface area contributed by atoms with E-state index in [2.05, 4.69) is 15.9 Å². The maximum Gasteiger partial charge on any atom is 0.131 e. The van der Waals surface area contributed by atoms with E-state index in [0.717, 1.165) is 5.56 Å². The molecule has 2 rings (SSSR count). The van der Waals surface area contributed by atoms with Crippen molar-refractivity contribution < 1.29 is 13.5 Å². The molecule has 0 N–H and O–H groups in total. The van der Waals surface area contributed by atoms with Crippen LogP contribution in [0, 0.1) is 18.6 Å². The Bertz CT molecular complexity index is 599. The fourth-order valence-corrected chi connectivity index (χ4v) is 2.59. The van der Waals surface area contributed by atoms with Gasteiger partial charge in [-0.05, 0) is 24.6 Å². The summed E-state index contributed by atoms with van der Waals surface area (Å²) >= 11 is 3.35. The lowest BCUT2D eigenvalue weighted by molar-refractivity contribution is 0.411. The molecule has 0 radical (unpaired) electrons. The number of halogens is 3. The van der Waals surface area contributed by atoms with Gasteiger partial charge in [0.1, 0.15) is 17.4 Å². The van der Waals surface area contributed by atoms with Crippen LogP contribution >= 0.6 is 15.9 Å². The van der Waals surface area contributed by atoms with Crippen LogP contribution in [0.15, 0.2) is 36.4 Å². The average molecular weight is 327 g/mol. The monoisotopic (exact) mass is 326 g/mol. The van der Waals surface area contributed by atoms with Crippen molar-refractivity contribution in [2.24, 2.45) is 0 Å². The largest absolute Gasteiger partial charge is 0.497 e. The first-order chi connectivity index (χ1) is 9.02. The van der Waals surface area contributed by atoms with Crippen molar-refractivity contribution in [3.05, 3.63) is 64.7 Å². The summed E-state index contributed by atoms with van der Waals surface area (Å²) in [4.78, 5) is -0.529. The third kappa shape index (κ3) is 2.95. The highest BCUT2D eigenvalue weighted by Crippen LogP contribution is 2.35. The van der Waals surface area contributed by atoms with E-state index >= 15 is 0 Å². The molecule has 19 heavy (non-hydrogen) atoms.